The number of aliphatic carboxylic acids is 1. The van der Waals surface area contributed by atoms with Crippen molar-refractivity contribution in [2.75, 3.05) is 6.54 Å². The Balaban J connectivity index is 1.59. The molecule has 1 amide bonds. The molecule has 2 aromatic heterocycles. The summed E-state index contributed by atoms with van der Waals surface area (Å²) >= 11 is 3.04. The Kier molecular flexibility index (Phi) is 4.50. The van der Waals surface area contributed by atoms with Gasteiger partial charge in [0.2, 0.25) is 0 Å². The van der Waals surface area contributed by atoms with Gasteiger partial charge in [0.05, 0.1) is 25.9 Å². The van der Waals surface area contributed by atoms with Crippen LogP contribution in [0.1, 0.15) is 29.4 Å². The number of carbonyl (C=O) groups excluding carboxylic acids is 1. The maximum Gasteiger partial charge on any atom is 0.308 e. The van der Waals surface area contributed by atoms with Crippen LogP contribution >= 0.6 is 22.7 Å². The van der Waals surface area contributed by atoms with Gasteiger partial charge in [-0.25, -0.2) is 4.98 Å². The molecule has 0 saturated carbocycles. The van der Waals surface area contributed by atoms with Crippen molar-refractivity contribution in [3.05, 3.63) is 41.3 Å². The molecule has 1 fully saturated rings. The van der Waals surface area contributed by atoms with Crippen LogP contribution in [-0.2, 0) is 4.79 Å². The van der Waals surface area contributed by atoms with E-state index in [0.717, 1.165) is 26.5 Å². The van der Waals surface area contributed by atoms with Crippen LogP contribution in [0.25, 0.3) is 20.1 Å². The molecule has 0 radical (unpaired) electrons. The van der Waals surface area contributed by atoms with Gasteiger partial charge in [0.1, 0.15) is 5.01 Å². The normalized spacial score (nSPS) is 20.4. The van der Waals surface area contributed by atoms with Crippen molar-refractivity contribution in [1.82, 2.24) is 9.88 Å². The van der Waals surface area contributed by atoms with E-state index in [1.165, 1.54) is 11.3 Å². The topological polar surface area (TPSA) is 70.5 Å². The minimum atomic E-state index is -0.823. The van der Waals surface area contributed by atoms with Crippen LogP contribution < -0.4 is 0 Å². The Morgan fingerprint density at radius 1 is 1.19 bits per heavy atom. The summed E-state index contributed by atoms with van der Waals surface area (Å²) in [7, 11) is 0. The van der Waals surface area contributed by atoms with Gasteiger partial charge in [-0.15, -0.1) is 22.7 Å². The summed E-state index contributed by atoms with van der Waals surface area (Å²) in [6.45, 7) is 2.44. The van der Waals surface area contributed by atoms with Crippen LogP contribution in [0.4, 0.5) is 0 Å². The lowest BCUT2D eigenvalue weighted by atomic mass is 9.90. The number of carboxylic acids is 1. The number of hydrogen-bond donors (Lipinski definition) is 1. The fraction of sp³-hybridized carbons (Fsp3) is 0.316. The second-order valence-corrected chi connectivity index (χ2v) is 8.59. The van der Waals surface area contributed by atoms with Crippen molar-refractivity contribution in [2.45, 2.75) is 25.8 Å². The summed E-state index contributed by atoms with van der Waals surface area (Å²) in [6.07, 6.45) is 1.35. The number of piperidine rings is 1. The van der Waals surface area contributed by atoms with Gasteiger partial charge < -0.3 is 10.0 Å². The number of aromatic nitrogens is 1. The van der Waals surface area contributed by atoms with E-state index in [1.807, 2.05) is 43.3 Å². The first kappa shape index (κ1) is 17.2. The minimum Gasteiger partial charge on any atom is -0.481 e. The molecule has 0 aliphatic carbocycles. The molecule has 1 N–H and O–H groups in total. The molecule has 0 spiro atoms. The van der Waals surface area contributed by atoms with Crippen LogP contribution in [0.3, 0.4) is 0 Å². The van der Waals surface area contributed by atoms with E-state index in [4.69, 9.17) is 0 Å². The lowest BCUT2D eigenvalue weighted by Gasteiger charge is -2.37. The van der Waals surface area contributed by atoms with Crippen molar-refractivity contribution in [3.63, 3.8) is 0 Å². The third kappa shape index (κ3) is 3.01. The van der Waals surface area contributed by atoms with E-state index in [9.17, 15) is 14.7 Å². The van der Waals surface area contributed by atoms with Gasteiger partial charge in [-0.1, -0.05) is 12.1 Å². The molecule has 4 rings (SSSR count). The van der Waals surface area contributed by atoms with Crippen molar-refractivity contribution >= 4 is 44.8 Å². The predicted octanol–water partition coefficient (Wildman–Crippen LogP) is 4.35. The highest BCUT2D eigenvalue weighted by atomic mass is 32.1. The number of para-hydroxylation sites is 1. The lowest BCUT2D eigenvalue weighted by molar-refractivity contribution is -0.144. The first-order valence-corrected chi connectivity index (χ1v) is 10.2. The monoisotopic (exact) mass is 386 g/mol. The Morgan fingerprint density at radius 3 is 2.77 bits per heavy atom. The van der Waals surface area contributed by atoms with E-state index < -0.39 is 11.9 Å². The Labute approximate surface area is 158 Å². The molecule has 0 unspecified atom stereocenters. The molecule has 0 bridgehead atoms. The predicted molar refractivity (Wildman–Crippen MR) is 104 cm³/mol. The number of thiazole rings is 1. The van der Waals surface area contributed by atoms with Crippen LogP contribution in [0.2, 0.25) is 0 Å². The van der Waals surface area contributed by atoms with Gasteiger partial charge in [0.15, 0.2) is 0 Å². The molecular formula is C19H18N2O3S2. The maximum absolute atomic E-state index is 12.9. The molecule has 3 heterocycles. The summed E-state index contributed by atoms with van der Waals surface area (Å²) in [6, 6.07) is 11.4. The number of likely N-dealkylation sites (tertiary alicyclic amines) is 1. The molecule has 2 atom stereocenters. The smallest absolute Gasteiger partial charge is 0.308 e. The fourth-order valence-corrected chi connectivity index (χ4v) is 5.43. The van der Waals surface area contributed by atoms with E-state index in [2.05, 4.69) is 4.98 Å². The van der Waals surface area contributed by atoms with Gasteiger partial charge in [-0.3, -0.25) is 9.59 Å². The summed E-state index contributed by atoms with van der Waals surface area (Å²) in [5.41, 5.74) is 0.961. The molecule has 1 aliphatic heterocycles. The van der Waals surface area contributed by atoms with Gasteiger partial charge in [0.25, 0.3) is 5.91 Å². The molecule has 5 nitrogen and oxygen atoms in total. The second-order valence-electron chi connectivity index (χ2n) is 6.48. The van der Waals surface area contributed by atoms with Gasteiger partial charge in [-0.05, 0) is 44.0 Å². The Bertz CT molecular complexity index is 945. The Morgan fingerprint density at radius 2 is 2.00 bits per heavy atom. The van der Waals surface area contributed by atoms with Crippen molar-refractivity contribution in [3.8, 4) is 9.88 Å². The van der Waals surface area contributed by atoms with Crippen molar-refractivity contribution < 1.29 is 14.7 Å². The molecule has 1 aliphatic rings. The SMILES string of the molecule is C[C@@H]1[C@H](C(=O)O)CCCN1C(=O)c1ccc(-c2nc3ccccc3s2)s1. The number of hydrogen-bond acceptors (Lipinski definition) is 5. The average Bonchev–Trinajstić information content (AvgIpc) is 3.27. The number of benzene rings is 1. The summed E-state index contributed by atoms with van der Waals surface area (Å²) < 4.78 is 1.12. The Hall–Kier alpha value is -2.25. The number of nitrogens with zero attached hydrogens (tertiary/aromatic N) is 2. The van der Waals surface area contributed by atoms with E-state index in [-0.39, 0.29) is 11.9 Å². The third-order valence-electron chi connectivity index (χ3n) is 4.89. The first-order valence-electron chi connectivity index (χ1n) is 8.54. The van der Waals surface area contributed by atoms with Crippen molar-refractivity contribution in [2.24, 2.45) is 5.92 Å². The molecule has 26 heavy (non-hydrogen) atoms. The highest BCUT2D eigenvalue weighted by Gasteiger charge is 2.36. The number of fused-ring (bicyclic) bond motifs is 1. The quantitative estimate of drug-likeness (QED) is 0.726. The van der Waals surface area contributed by atoms with Gasteiger partial charge in [-0.2, -0.15) is 0 Å². The molecule has 134 valence electrons. The number of thiophene rings is 1. The molecule has 3 aromatic rings. The largest absolute Gasteiger partial charge is 0.481 e. The third-order valence-corrected chi connectivity index (χ3v) is 7.17. The zero-order chi connectivity index (χ0) is 18.3. The minimum absolute atomic E-state index is 0.0826. The van der Waals surface area contributed by atoms with Gasteiger partial charge in [0, 0.05) is 12.6 Å². The summed E-state index contributed by atoms with van der Waals surface area (Å²) in [5.74, 6) is -1.39. The summed E-state index contributed by atoms with van der Waals surface area (Å²) in [5, 5.41) is 10.3. The average molecular weight is 386 g/mol. The maximum atomic E-state index is 12.9. The van der Waals surface area contributed by atoms with Gasteiger partial charge >= 0.3 is 5.97 Å². The zero-order valence-electron chi connectivity index (χ0n) is 14.2. The highest BCUT2D eigenvalue weighted by molar-refractivity contribution is 7.26. The fourth-order valence-electron chi connectivity index (χ4n) is 3.45. The van der Waals surface area contributed by atoms with Crippen LogP contribution in [0, 0.1) is 5.92 Å². The molecule has 1 aromatic carbocycles. The van der Waals surface area contributed by atoms with E-state index in [1.54, 1.807) is 16.2 Å². The number of carbonyl (C=O) groups is 2. The second kappa shape index (κ2) is 6.81. The first-order chi connectivity index (χ1) is 12.5. The number of carboxylic acid groups (broad SMARTS) is 1. The van der Waals surface area contributed by atoms with Crippen LogP contribution in [0.5, 0.6) is 0 Å². The highest BCUT2D eigenvalue weighted by Crippen LogP contribution is 2.35. The number of amides is 1. The zero-order valence-corrected chi connectivity index (χ0v) is 15.8. The van der Waals surface area contributed by atoms with E-state index in [0.29, 0.717) is 17.8 Å². The molecule has 1 saturated heterocycles. The lowest BCUT2D eigenvalue weighted by Crippen LogP contribution is -2.48. The number of rotatable bonds is 3. The molecular weight excluding hydrogens is 368 g/mol. The van der Waals surface area contributed by atoms with E-state index >= 15 is 0 Å². The summed E-state index contributed by atoms with van der Waals surface area (Å²) in [4.78, 5) is 32.3. The standard InChI is InChI=1S/C19H18N2O3S2/c1-11-12(19(23)24)5-4-10-21(11)18(22)16-9-8-15(25-16)17-20-13-6-2-3-7-14(13)26-17/h2-3,6-9,11-12H,4-5,10H2,1H3,(H,23,24)/t11-,12-/m1/s1. The van der Waals surface area contributed by atoms with Crippen LogP contribution in [0.15, 0.2) is 36.4 Å². The van der Waals surface area contributed by atoms with Crippen LogP contribution in [-0.4, -0.2) is 39.5 Å². The molecule has 7 heteroatoms. The van der Waals surface area contributed by atoms with Crippen molar-refractivity contribution in [1.29, 1.82) is 0 Å².